The molecular formula is C20H19IO6. The molecule has 1 heterocycles. The Morgan fingerprint density at radius 2 is 1.37 bits per heavy atom. The number of alkyl halides is 1. The van der Waals surface area contributed by atoms with E-state index in [0.29, 0.717) is 17.7 Å². The molecule has 4 atom stereocenters. The van der Waals surface area contributed by atoms with Crippen molar-refractivity contribution in [2.24, 2.45) is 0 Å². The van der Waals surface area contributed by atoms with Crippen LogP contribution in [0.5, 0.6) is 0 Å². The third-order valence-electron chi connectivity index (χ3n) is 4.11. The first-order valence-corrected chi connectivity index (χ1v) is 9.65. The minimum absolute atomic E-state index is 0.199. The summed E-state index contributed by atoms with van der Waals surface area (Å²) in [5, 5.41) is 0. The maximum atomic E-state index is 12.5. The van der Waals surface area contributed by atoms with E-state index >= 15 is 0 Å². The van der Waals surface area contributed by atoms with Crippen LogP contribution in [0.2, 0.25) is 0 Å². The van der Waals surface area contributed by atoms with E-state index in [-0.39, 0.29) is 3.92 Å². The molecule has 27 heavy (non-hydrogen) atoms. The average Bonchev–Trinajstić information content (AvgIpc) is 2.72. The topological polar surface area (TPSA) is 71.1 Å². The summed E-state index contributed by atoms with van der Waals surface area (Å²) in [5.41, 5.74) is 0.825. The van der Waals surface area contributed by atoms with E-state index in [0.717, 1.165) is 0 Å². The predicted molar refractivity (Wildman–Crippen MR) is 106 cm³/mol. The SMILES string of the molecule is CO[C@H]1OC[C@@H](I)[C@H](OC(=O)c2ccccc2)[C@H]1OC(=O)c1ccccc1. The fourth-order valence-electron chi connectivity index (χ4n) is 2.73. The van der Waals surface area contributed by atoms with Gasteiger partial charge in [-0.05, 0) is 24.3 Å². The highest BCUT2D eigenvalue weighted by molar-refractivity contribution is 14.1. The van der Waals surface area contributed by atoms with Crippen molar-refractivity contribution in [3.05, 3.63) is 71.8 Å². The third-order valence-corrected chi connectivity index (χ3v) is 5.17. The molecule has 0 spiro atoms. The van der Waals surface area contributed by atoms with Crippen molar-refractivity contribution in [2.45, 2.75) is 22.4 Å². The fraction of sp³-hybridized carbons (Fsp3) is 0.300. The normalized spacial score (nSPS) is 24.8. The zero-order chi connectivity index (χ0) is 19.2. The number of methoxy groups -OCH3 is 1. The molecule has 0 aromatic heterocycles. The molecule has 0 amide bonds. The molecule has 1 aliphatic heterocycles. The first kappa shape index (κ1) is 19.8. The maximum Gasteiger partial charge on any atom is 0.338 e. The first-order chi connectivity index (χ1) is 13.1. The highest BCUT2D eigenvalue weighted by Crippen LogP contribution is 2.28. The number of rotatable bonds is 5. The molecule has 2 aromatic rings. The van der Waals surface area contributed by atoms with Crippen LogP contribution in [0.15, 0.2) is 60.7 Å². The Balaban J connectivity index is 1.79. The van der Waals surface area contributed by atoms with Gasteiger partial charge in [-0.3, -0.25) is 0 Å². The van der Waals surface area contributed by atoms with Gasteiger partial charge in [-0.15, -0.1) is 0 Å². The van der Waals surface area contributed by atoms with Crippen LogP contribution in [0.25, 0.3) is 0 Å². The molecule has 1 aliphatic rings. The number of carbonyl (C=O) groups is 2. The monoisotopic (exact) mass is 482 g/mol. The molecule has 0 N–H and O–H groups in total. The van der Waals surface area contributed by atoms with Gasteiger partial charge in [0.25, 0.3) is 0 Å². The van der Waals surface area contributed by atoms with Crippen molar-refractivity contribution in [2.75, 3.05) is 13.7 Å². The largest absolute Gasteiger partial charge is 0.453 e. The molecule has 0 bridgehead atoms. The van der Waals surface area contributed by atoms with Crippen LogP contribution >= 0.6 is 22.6 Å². The summed E-state index contributed by atoms with van der Waals surface area (Å²) in [7, 11) is 1.46. The summed E-state index contributed by atoms with van der Waals surface area (Å²) >= 11 is 2.13. The van der Waals surface area contributed by atoms with Gasteiger partial charge >= 0.3 is 11.9 Å². The van der Waals surface area contributed by atoms with Gasteiger partial charge in [0.05, 0.1) is 21.7 Å². The van der Waals surface area contributed by atoms with Gasteiger partial charge in [0.1, 0.15) is 0 Å². The lowest BCUT2D eigenvalue weighted by Gasteiger charge is -2.38. The summed E-state index contributed by atoms with van der Waals surface area (Å²) in [6, 6.07) is 17.3. The van der Waals surface area contributed by atoms with E-state index < -0.39 is 30.4 Å². The van der Waals surface area contributed by atoms with Crippen LogP contribution < -0.4 is 0 Å². The van der Waals surface area contributed by atoms with Gasteiger partial charge in [0.15, 0.2) is 18.5 Å². The number of hydrogen-bond donors (Lipinski definition) is 0. The Morgan fingerprint density at radius 1 is 0.889 bits per heavy atom. The molecule has 7 heteroatoms. The molecule has 1 saturated heterocycles. The number of esters is 2. The smallest absolute Gasteiger partial charge is 0.338 e. The zero-order valence-corrected chi connectivity index (χ0v) is 16.8. The molecule has 0 radical (unpaired) electrons. The van der Waals surface area contributed by atoms with E-state index in [9.17, 15) is 9.59 Å². The summed E-state index contributed by atoms with van der Waals surface area (Å²) in [5.74, 6) is -1.02. The molecular weight excluding hydrogens is 463 g/mol. The van der Waals surface area contributed by atoms with E-state index in [1.165, 1.54) is 7.11 Å². The zero-order valence-electron chi connectivity index (χ0n) is 14.6. The van der Waals surface area contributed by atoms with Crippen molar-refractivity contribution in [3.8, 4) is 0 Å². The molecule has 3 rings (SSSR count). The van der Waals surface area contributed by atoms with Crippen LogP contribution in [-0.4, -0.2) is 48.1 Å². The standard InChI is InChI=1S/C20H19IO6/c1-24-20-17(27-19(23)14-10-6-3-7-11-14)16(15(21)12-25-20)26-18(22)13-8-4-2-5-9-13/h2-11,15-17,20H,12H2,1H3/t15-,16+,17-,20+/m1/s1. The molecule has 1 fully saturated rings. The summed E-state index contributed by atoms with van der Waals surface area (Å²) in [6.07, 6.45) is -2.41. The van der Waals surface area contributed by atoms with E-state index in [2.05, 4.69) is 22.6 Å². The van der Waals surface area contributed by atoms with Gasteiger partial charge in [-0.25, -0.2) is 9.59 Å². The Kier molecular flexibility index (Phi) is 6.81. The predicted octanol–water partition coefficient (Wildman–Crippen LogP) is 3.24. The highest BCUT2D eigenvalue weighted by atomic mass is 127. The van der Waals surface area contributed by atoms with Gasteiger partial charge in [0, 0.05) is 7.11 Å². The Labute approximate surface area is 170 Å². The minimum Gasteiger partial charge on any atom is -0.453 e. The van der Waals surface area contributed by atoms with Crippen molar-refractivity contribution >= 4 is 34.5 Å². The number of halogens is 1. The average molecular weight is 482 g/mol. The second kappa shape index (κ2) is 9.29. The fourth-order valence-corrected chi connectivity index (χ4v) is 3.50. The summed E-state index contributed by atoms with van der Waals surface area (Å²) in [6.45, 7) is 0.311. The van der Waals surface area contributed by atoms with E-state index in [1.54, 1.807) is 48.5 Å². The van der Waals surface area contributed by atoms with Gasteiger partial charge < -0.3 is 18.9 Å². The lowest BCUT2D eigenvalue weighted by Crippen LogP contribution is -2.55. The molecule has 0 aliphatic carbocycles. The molecule has 0 saturated carbocycles. The summed E-state index contributed by atoms with van der Waals surface area (Å²) in [4.78, 5) is 25.0. The van der Waals surface area contributed by atoms with Crippen molar-refractivity contribution < 1.29 is 28.5 Å². The number of ether oxygens (including phenoxy) is 4. The Bertz CT molecular complexity index is 767. The van der Waals surface area contributed by atoms with E-state index in [4.69, 9.17) is 18.9 Å². The minimum atomic E-state index is -0.883. The van der Waals surface area contributed by atoms with Crippen LogP contribution in [0.3, 0.4) is 0 Å². The van der Waals surface area contributed by atoms with Crippen molar-refractivity contribution in [1.29, 1.82) is 0 Å². The van der Waals surface area contributed by atoms with Crippen LogP contribution in [0, 0.1) is 0 Å². The molecule has 142 valence electrons. The second-order valence-corrected chi connectivity index (χ2v) is 7.53. The Hall–Kier alpha value is -1.97. The van der Waals surface area contributed by atoms with Crippen LogP contribution in [-0.2, 0) is 18.9 Å². The van der Waals surface area contributed by atoms with Crippen LogP contribution in [0.1, 0.15) is 20.7 Å². The molecule has 6 nitrogen and oxygen atoms in total. The third kappa shape index (κ3) is 4.85. The van der Waals surface area contributed by atoms with Crippen molar-refractivity contribution in [1.82, 2.24) is 0 Å². The van der Waals surface area contributed by atoms with Gasteiger partial charge in [-0.2, -0.15) is 0 Å². The number of benzene rings is 2. The molecule has 0 unspecified atom stereocenters. The molecule has 2 aromatic carbocycles. The van der Waals surface area contributed by atoms with Crippen molar-refractivity contribution in [3.63, 3.8) is 0 Å². The van der Waals surface area contributed by atoms with Gasteiger partial charge in [0.2, 0.25) is 0 Å². The summed E-state index contributed by atoms with van der Waals surface area (Å²) < 4.78 is 22.0. The maximum absolute atomic E-state index is 12.5. The van der Waals surface area contributed by atoms with Gasteiger partial charge in [-0.1, -0.05) is 59.0 Å². The quantitative estimate of drug-likeness (QED) is 0.371. The second-order valence-electron chi connectivity index (χ2n) is 5.93. The Morgan fingerprint density at radius 3 is 1.85 bits per heavy atom. The lowest BCUT2D eigenvalue weighted by molar-refractivity contribution is -0.228. The number of hydrogen-bond acceptors (Lipinski definition) is 6. The van der Waals surface area contributed by atoms with E-state index in [1.807, 2.05) is 12.1 Å². The van der Waals surface area contributed by atoms with Crippen LogP contribution in [0.4, 0.5) is 0 Å². The first-order valence-electron chi connectivity index (χ1n) is 8.40. The highest BCUT2D eigenvalue weighted by Gasteiger charge is 2.45. The number of carbonyl (C=O) groups excluding carboxylic acids is 2. The lowest BCUT2D eigenvalue weighted by atomic mass is 10.1.